The summed E-state index contributed by atoms with van der Waals surface area (Å²) in [7, 11) is 0. The molecule has 1 aromatic carbocycles. The van der Waals surface area contributed by atoms with Crippen molar-refractivity contribution < 1.29 is 13.9 Å². The number of carbonyl (C=O) groups excluding carboxylic acids is 1. The van der Waals surface area contributed by atoms with Crippen LogP contribution < -0.4 is 4.74 Å². The van der Waals surface area contributed by atoms with Gasteiger partial charge in [-0.2, -0.15) is 0 Å². The molecule has 1 fully saturated rings. The van der Waals surface area contributed by atoms with Gasteiger partial charge in [0.1, 0.15) is 18.2 Å². The van der Waals surface area contributed by atoms with Gasteiger partial charge < -0.3 is 9.64 Å². The predicted molar refractivity (Wildman–Crippen MR) is 97.4 cm³/mol. The third-order valence-corrected chi connectivity index (χ3v) is 5.47. The number of ether oxygens (including phenoxy) is 1. The van der Waals surface area contributed by atoms with E-state index >= 15 is 0 Å². The summed E-state index contributed by atoms with van der Waals surface area (Å²) in [5.74, 6) is 0.516. The highest BCUT2D eigenvalue weighted by Crippen LogP contribution is 2.19. The molecule has 0 N–H and O–H groups in total. The van der Waals surface area contributed by atoms with E-state index in [0.717, 1.165) is 26.2 Å². The van der Waals surface area contributed by atoms with Gasteiger partial charge in [-0.05, 0) is 48.2 Å². The van der Waals surface area contributed by atoms with Gasteiger partial charge in [-0.15, -0.1) is 11.3 Å². The number of amides is 1. The predicted octanol–water partition coefficient (Wildman–Crippen LogP) is 3.31. The largest absolute Gasteiger partial charge is 0.492 e. The highest BCUT2D eigenvalue weighted by atomic mass is 32.1. The van der Waals surface area contributed by atoms with Gasteiger partial charge >= 0.3 is 0 Å². The number of hydrogen-bond acceptors (Lipinski definition) is 4. The van der Waals surface area contributed by atoms with Gasteiger partial charge in [0, 0.05) is 37.5 Å². The molecule has 1 saturated heterocycles. The minimum Gasteiger partial charge on any atom is -0.492 e. The van der Waals surface area contributed by atoms with Crippen LogP contribution in [0.2, 0.25) is 0 Å². The Bertz CT molecular complexity index is 702. The lowest BCUT2D eigenvalue weighted by Crippen LogP contribution is -2.36. The summed E-state index contributed by atoms with van der Waals surface area (Å²) >= 11 is 1.78. The molecule has 2 heterocycles. The van der Waals surface area contributed by atoms with Crippen molar-refractivity contribution in [3.8, 4) is 5.75 Å². The van der Waals surface area contributed by atoms with Crippen LogP contribution in [0.1, 0.15) is 16.9 Å². The lowest BCUT2D eigenvalue weighted by molar-refractivity contribution is -0.130. The lowest BCUT2D eigenvalue weighted by Gasteiger charge is -2.22. The highest BCUT2D eigenvalue weighted by Gasteiger charge is 2.21. The number of halogens is 1. The van der Waals surface area contributed by atoms with Crippen LogP contribution in [0.5, 0.6) is 5.75 Å². The first-order valence-electron chi connectivity index (χ1n) is 8.53. The first kappa shape index (κ1) is 17.9. The smallest absolute Gasteiger partial charge is 0.224 e. The zero-order valence-corrected chi connectivity index (χ0v) is 15.2. The van der Waals surface area contributed by atoms with E-state index in [1.165, 1.54) is 22.6 Å². The second kappa shape index (κ2) is 8.45. The van der Waals surface area contributed by atoms with Crippen molar-refractivity contribution >= 4 is 17.2 Å². The van der Waals surface area contributed by atoms with Crippen LogP contribution in [0.4, 0.5) is 4.39 Å². The second-order valence-electron chi connectivity index (χ2n) is 6.24. The maximum Gasteiger partial charge on any atom is 0.224 e. The van der Waals surface area contributed by atoms with Crippen LogP contribution in [0, 0.1) is 12.7 Å². The first-order valence-corrected chi connectivity index (χ1v) is 9.41. The van der Waals surface area contributed by atoms with Crippen molar-refractivity contribution in [2.24, 2.45) is 0 Å². The van der Waals surface area contributed by atoms with Crippen LogP contribution >= 0.6 is 11.3 Å². The number of thiophene rings is 1. The monoisotopic (exact) mass is 362 g/mol. The fourth-order valence-electron chi connectivity index (χ4n) is 2.88. The molecule has 2 aromatic rings. The van der Waals surface area contributed by atoms with Gasteiger partial charge in [0.15, 0.2) is 0 Å². The molecule has 0 atom stereocenters. The molecule has 0 bridgehead atoms. The molecule has 0 saturated carbocycles. The van der Waals surface area contributed by atoms with Crippen molar-refractivity contribution in [1.29, 1.82) is 0 Å². The molecule has 1 aliphatic heterocycles. The SMILES string of the molecule is Cc1ccsc1CN1CCC(=O)N(CCOc2ccc(F)cc2)CC1. The van der Waals surface area contributed by atoms with Crippen molar-refractivity contribution in [3.63, 3.8) is 0 Å². The summed E-state index contributed by atoms with van der Waals surface area (Å²) in [5, 5.41) is 2.12. The first-order chi connectivity index (χ1) is 12.1. The van der Waals surface area contributed by atoms with Crippen LogP contribution in [0.25, 0.3) is 0 Å². The molecule has 6 heteroatoms. The Morgan fingerprint density at radius 1 is 1.16 bits per heavy atom. The summed E-state index contributed by atoms with van der Waals surface area (Å²) in [6, 6.07) is 8.09. The third-order valence-electron chi connectivity index (χ3n) is 4.46. The molecule has 134 valence electrons. The Hall–Kier alpha value is -1.92. The molecule has 25 heavy (non-hydrogen) atoms. The minimum absolute atomic E-state index is 0.174. The zero-order chi connectivity index (χ0) is 17.6. The molecule has 1 aliphatic rings. The summed E-state index contributed by atoms with van der Waals surface area (Å²) in [6.07, 6.45) is 0.543. The van der Waals surface area contributed by atoms with E-state index in [1.807, 2.05) is 4.90 Å². The Morgan fingerprint density at radius 2 is 1.96 bits per heavy atom. The molecular weight excluding hydrogens is 339 g/mol. The molecule has 1 amide bonds. The summed E-state index contributed by atoms with van der Waals surface area (Å²) in [6.45, 7) is 6.41. The van der Waals surface area contributed by atoms with E-state index < -0.39 is 0 Å². The van der Waals surface area contributed by atoms with E-state index in [0.29, 0.717) is 25.3 Å². The normalized spacial score (nSPS) is 16.1. The molecule has 1 aromatic heterocycles. The Kier molecular flexibility index (Phi) is 6.04. The second-order valence-corrected chi connectivity index (χ2v) is 7.24. The van der Waals surface area contributed by atoms with Gasteiger partial charge in [-0.25, -0.2) is 4.39 Å². The third kappa shape index (κ3) is 5.03. The quantitative estimate of drug-likeness (QED) is 0.790. The van der Waals surface area contributed by atoms with E-state index in [4.69, 9.17) is 4.74 Å². The number of hydrogen-bond donors (Lipinski definition) is 0. The molecule has 4 nitrogen and oxygen atoms in total. The fraction of sp³-hybridized carbons (Fsp3) is 0.421. The lowest BCUT2D eigenvalue weighted by atomic mass is 10.2. The van der Waals surface area contributed by atoms with Crippen molar-refractivity contribution in [3.05, 3.63) is 52.0 Å². The number of benzene rings is 1. The van der Waals surface area contributed by atoms with E-state index in [2.05, 4.69) is 23.3 Å². The molecular formula is C19H23FN2O2S. The molecule has 3 rings (SSSR count). The average molecular weight is 362 g/mol. The van der Waals surface area contributed by atoms with Crippen molar-refractivity contribution in [1.82, 2.24) is 9.80 Å². The van der Waals surface area contributed by atoms with Crippen LogP contribution in [-0.4, -0.2) is 48.5 Å². The maximum absolute atomic E-state index is 12.9. The summed E-state index contributed by atoms with van der Waals surface area (Å²) < 4.78 is 18.5. The molecule has 0 unspecified atom stereocenters. The fourth-order valence-corrected chi connectivity index (χ4v) is 3.83. The molecule has 0 spiro atoms. The van der Waals surface area contributed by atoms with Crippen molar-refractivity contribution in [2.45, 2.75) is 19.9 Å². The van der Waals surface area contributed by atoms with Crippen LogP contribution in [-0.2, 0) is 11.3 Å². The summed E-state index contributed by atoms with van der Waals surface area (Å²) in [4.78, 5) is 17.9. The van der Waals surface area contributed by atoms with Crippen LogP contribution in [0.15, 0.2) is 35.7 Å². The van der Waals surface area contributed by atoms with Crippen LogP contribution in [0.3, 0.4) is 0 Å². The Labute approximate surface area is 151 Å². The van der Waals surface area contributed by atoms with Gasteiger partial charge in [-0.3, -0.25) is 9.69 Å². The Balaban J connectivity index is 1.47. The number of nitrogens with zero attached hydrogens (tertiary/aromatic N) is 2. The zero-order valence-electron chi connectivity index (χ0n) is 14.4. The Morgan fingerprint density at radius 3 is 2.68 bits per heavy atom. The molecule has 0 aliphatic carbocycles. The van der Waals surface area contributed by atoms with Gasteiger partial charge in [0.2, 0.25) is 5.91 Å². The number of aryl methyl sites for hydroxylation is 1. The highest BCUT2D eigenvalue weighted by molar-refractivity contribution is 7.10. The van der Waals surface area contributed by atoms with Gasteiger partial charge in [0.25, 0.3) is 0 Å². The van der Waals surface area contributed by atoms with E-state index in [9.17, 15) is 9.18 Å². The standard InChI is InChI=1S/C19H23FN2O2S/c1-15-7-13-25-18(15)14-21-8-6-19(23)22(10-9-21)11-12-24-17-4-2-16(20)3-5-17/h2-5,7,13H,6,8-12,14H2,1H3. The number of carbonyl (C=O) groups is 1. The topological polar surface area (TPSA) is 32.8 Å². The van der Waals surface area contributed by atoms with Gasteiger partial charge in [-0.1, -0.05) is 0 Å². The van der Waals surface area contributed by atoms with Crippen molar-refractivity contribution in [2.75, 3.05) is 32.8 Å². The maximum atomic E-state index is 12.9. The van der Waals surface area contributed by atoms with E-state index in [1.54, 1.807) is 23.5 Å². The minimum atomic E-state index is -0.281. The molecule has 0 radical (unpaired) electrons. The number of rotatable bonds is 6. The summed E-state index contributed by atoms with van der Waals surface area (Å²) in [5.41, 5.74) is 1.32. The van der Waals surface area contributed by atoms with Gasteiger partial charge in [0.05, 0.1) is 6.54 Å². The van der Waals surface area contributed by atoms with E-state index in [-0.39, 0.29) is 11.7 Å². The average Bonchev–Trinajstić information content (AvgIpc) is 2.92.